The van der Waals surface area contributed by atoms with Gasteiger partial charge in [0.05, 0.1) is 12.0 Å². The van der Waals surface area contributed by atoms with E-state index in [4.69, 9.17) is 4.74 Å². The molecule has 140 valence electrons. The van der Waals surface area contributed by atoms with Gasteiger partial charge in [-0.05, 0) is 48.9 Å². The van der Waals surface area contributed by atoms with Gasteiger partial charge >= 0.3 is 0 Å². The van der Waals surface area contributed by atoms with Gasteiger partial charge in [-0.3, -0.25) is 14.8 Å². The van der Waals surface area contributed by atoms with Crippen LogP contribution in [0.25, 0.3) is 0 Å². The van der Waals surface area contributed by atoms with E-state index in [0.29, 0.717) is 22.1 Å². The van der Waals surface area contributed by atoms with Gasteiger partial charge in [0.1, 0.15) is 11.3 Å². The molecule has 2 N–H and O–H groups in total. The van der Waals surface area contributed by atoms with Gasteiger partial charge in [0.25, 0.3) is 15.9 Å². The average molecular weight is 404 g/mol. The number of carbonyl (C=O) groups excluding carboxylic acids is 1. The predicted molar refractivity (Wildman–Crippen MR) is 103 cm³/mol. The molecule has 8 nitrogen and oxygen atoms in total. The number of ether oxygens (including phenoxy) is 1. The Kier molecular flexibility index (Phi) is 5.38. The van der Waals surface area contributed by atoms with E-state index in [-0.39, 0.29) is 10.5 Å². The van der Waals surface area contributed by atoms with Crippen LogP contribution in [0.4, 0.5) is 10.8 Å². The molecule has 3 aromatic rings. The quantitative estimate of drug-likeness (QED) is 0.654. The number of hydrogen-bond donors (Lipinski definition) is 2. The largest absolute Gasteiger partial charge is 0.497 e. The molecule has 0 saturated heterocycles. The Morgan fingerprint density at radius 2 is 1.89 bits per heavy atom. The van der Waals surface area contributed by atoms with Crippen molar-refractivity contribution in [1.29, 1.82) is 0 Å². The van der Waals surface area contributed by atoms with E-state index >= 15 is 0 Å². The first-order valence-corrected chi connectivity index (χ1v) is 10.1. The van der Waals surface area contributed by atoms with Gasteiger partial charge in [0.15, 0.2) is 0 Å². The van der Waals surface area contributed by atoms with E-state index in [1.165, 1.54) is 30.0 Å². The van der Waals surface area contributed by atoms with Crippen LogP contribution in [0.2, 0.25) is 0 Å². The first-order valence-electron chi connectivity index (χ1n) is 7.74. The Morgan fingerprint density at radius 3 is 2.52 bits per heavy atom. The lowest BCUT2D eigenvalue weighted by Gasteiger charge is -2.12. The number of nitrogens with zero attached hydrogens (tertiary/aromatic N) is 2. The zero-order valence-electron chi connectivity index (χ0n) is 14.5. The number of sulfonamides is 1. The van der Waals surface area contributed by atoms with E-state index in [1.54, 1.807) is 43.3 Å². The molecule has 10 heteroatoms. The average Bonchev–Trinajstić information content (AvgIpc) is 3.15. The molecule has 0 fully saturated rings. The van der Waals surface area contributed by atoms with Gasteiger partial charge < -0.3 is 4.74 Å². The summed E-state index contributed by atoms with van der Waals surface area (Å²) >= 11 is 1.17. The fourth-order valence-electron chi connectivity index (χ4n) is 2.30. The van der Waals surface area contributed by atoms with Crippen LogP contribution in [0, 0.1) is 6.92 Å². The van der Waals surface area contributed by atoms with Crippen LogP contribution >= 0.6 is 11.3 Å². The van der Waals surface area contributed by atoms with E-state index in [9.17, 15) is 13.2 Å². The molecule has 27 heavy (non-hydrogen) atoms. The maximum Gasteiger partial charge on any atom is 0.262 e. The minimum atomic E-state index is -3.88. The molecule has 0 atom stereocenters. The zero-order valence-corrected chi connectivity index (χ0v) is 16.1. The normalized spacial score (nSPS) is 11.0. The summed E-state index contributed by atoms with van der Waals surface area (Å²) in [5.41, 5.74) is 2.59. The summed E-state index contributed by atoms with van der Waals surface area (Å²) < 4.78 is 33.1. The Bertz CT molecular complexity index is 1050. The van der Waals surface area contributed by atoms with Crippen LogP contribution in [0.15, 0.2) is 52.9 Å². The molecular formula is C17H16N4O4S2. The van der Waals surface area contributed by atoms with Crippen molar-refractivity contribution in [3.63, 3.8) is 0 Å². The fourth-order valence-corrected chi connectivity index (χ4v) is 4.07. The number of rotatable bonds is 6. The maximum absolute atomic E-state index is 12.8. The smallest absolute Gasteiger partial charge is 0.262 e. The number of aromatic nitrogens is 2. The van der Waals surface area contributed by atoms with E-state index in [0.717, 1.165) is 0 Å². The van der Waals surface area contributed by atoms with Crippen molar-refractivity contribution < 1.29 is 17.9 Å². The molecule has 0 spiro atoms. The molecule has 0 unspecified atom stereocenters. The van der Waals surface area contributed by atoms with Crippen molar-refractivity contribution in [2.45, 2.75) is 11.8 Å². The lowest BCUT2D eigenvalue weighted by molar-refractivity contribution is 0.102. The summed E-state index contributed by atoms with van der Waals surface area (Å²) in [5, 5.41) is 10.3. The number of carbonyl (C=O) groups is 1. The van der Waals surface area contributed by atoms with Gasteiger partial charge in [0.2, 0.25) is 5.13 Å². The second-order valence-electron chi connectivity index (χ2n) is 5.51. The van der Waals surface area contributed by atoms with Gasteiger partial charge in [-0.25, -0.2) is 8.42 Å². The molecule has 0 radical (unpaired) electrons. The third-order valence-electron chi connectivity index (χ3n) is 3.66. The summed E-state index contributed by atoms with van der Waals surface area (Å²) in [7, 11) is -2.35. The maximum atomic E-state index is 12.8. The molecule has 0 aliphatic rings. The molecule has 1 aromatic heterocycles. The van der Waals surface area contributed by atoms with Gasteiger partial charge in [-0.15, -0.1) is 10.2 Å². The molecule has 2 aromatic carbocycles. The first-order chi connectivity index (χ1) is 12.9. The number of amides is 1. The highest BCUT2D eigenvalue weighted by atomic mass is 32.2. The first kappa shape index (κ1) is 18.8. The number of aryl methyl sites for hydroxylation is 1. The van der Waals surface area contributed by atoms with Crippen molar-refractivity contribution >= 4 is 38.1 Å². The molecule has 3 rings (SSSR count). The topological polar surface area (TPSA) is 110 Å². The highest BCUT2D eigenvalue weighted by Gasteiger charge is 2.20. The third-order valence-corrected chi connectivity index (χ3v) is 5.79. The second-order valence-corrected chi connectivity index (χ2v) is 8.00. The van der Waals surface area contributed by atoms with Crippen LogP contribution in [-0.2, 0) is 10.0 Å². The van der Waals surface area contributed by atoms with Crippen LogP contribution in [-0.4, -0.2) is 31.6 Å². The summed E-state index contributed by atoms with van der Waals surface area (Å²) in [4.78, 5) is 12.3. The van der Waals surface area contributed by atoms with E-state index in [2.05, 4.69) is 20.2 Å². The van der Waals surface area contributed by atoms with Gasteiger partial charge in [0, 0.05) is 11.3 Å². The second kappa shape index (κ2) is 7.72. The van der Waals surface area contributed by atoms with Gasteiger partial charge in [-0.1, -0.05) is 17.4 Å². The Hall–Kier alpha value is -2.98. The SMILES string of the molecule is COc1ccc(NS(=O)(=O)c2cc(C(=O)Nc3nncs3)ccc2C)cc1. The molecule has 0 saturated carbocycles. The number of hydrogen-bond acceptors (Lipinski definition) is 7. The molecule has 0 aliphatic carbocycles. The summed E-state index contributed by atoms with van der Waals surface area (Å²) in [6, 6.07) is 11.0. The van der Waals surface area contributed by atoms with Crippen molar-refractivity contribution in [2.75, 3.05) is 17.1 Å². The molecule has 0 aliphatic heterocycles. The van der Waals surface area contributed by atoms with Crippen LogP contribution in [0.1, 0.15) is 15.9 Å². The third kappa shape index (κ3) is 4.41. The monoisotopic (exact) mass is 404 g/mol. The minimum Gasteiger partial charge on any atom is -0.497 e. The van der Waals surface area contributed by atoms with Crippen molar-refractivity contribution in [2.24, 2.45) is 0 Å². The van der Waals surface area contributed by atoms with Crippen LogP contribution in [0.3, 0.4) is 0 Å². The van der Waals surface area contributed by atoms with Gasteiger partial charge in [-0.2, -0.15) is 0 Å². The Morgan fingerprint density at radius 1 is 1.15 bits per heavy atom. The highest BCUT2D eigenvalue weighted by molar-refractivity contribution is 7.92. The molecule has 1 amide bonds. The summed E-state index contributed by atoms with van der Waals surface area (Å²) in [6.45, 7) is 1.66. The number of anilines is 2. The summed E-state index contributed by atoms with van der Waals surface area (Å²) in [6.07, 6.45) is 0. The van der Waals surface area contributed by atoms with E-state index in [1.807, 2.05) is 0 Å². The number of benzene rings is 2. The van der Waals surface area contributed by atoms with Crippen molar-refractivity contribution in [3.8, 4) is 5.75 Å². The molecule has 0 bridgehead atoms. The predicted octanol–water partition coefficient (Wildman–Crippen LogP) is 2.91. The Labute approximate surface area is 160 Å². The zero-order chi connectivity index (χ0) is 19.4. The number of methoxy groups -OCH3 is 1. The standard InChI is InChI=1S/C17H16N4O4S2/c1-11-3-4-12(16(22)19-17-20-18-10-26-17)9-15(11)27(23,24)21-13-5-7-14(25-2)8-6-13/h3-10,21H,1-2H3,(H,19,20,22). The number of nitrogens with one attached hydrogen (secondary N) is 2. The lowest BCUT2D eigenvalue weighted by atomic mass is 10.1. The van der Waals surface area contributed by atoms with Crippen LogP contribution < -0.4 is 14.8 Å². The minimum absolute atomic E-state index is 0.0169. The lowest BCUT2D eigenvalue weighted by Crippen LogP contribution is -2.17. The summed E-state index contributed by atoms with van der Waals surface area (Å²) in [5.74, 6) is 0.150. The van der Waals surface area contributed by atoms with Crippen molar-refractivity contribution in [1.82, 2.24) is 10.2 Å². The molecule has 1 heterocycles. The molecular weight excluding hydrogens is 388 g/mol. The Balaban J connectivity index is 1.86. The fraction of sp³-hybridized carbons (Fsp3) is 0.118. The van der Waals surface area contributed by atoms with Crippen molar-refractivity contribution in [3.05, 3.63) is 59.1 Å². The van der Waals surface area contributed by atoms with E-state index < -0.39 is 15.9 Å². The van der Waals surface area contributed by atoms with Crippen LogP contribution in [0.5, 0.6) is 5.75 Å². The highest BCUT2D eigenvalue weighted by Crippen LogP contribution is 2.23.